The van der Waals surface area contributed by atoms with Gasteiger partial charge < -0.3 is 10.6 Å². The summed E-state index contributed by atoms with van der Waals surface area (Å²) in [6, 6.07) is 11.5. The van der Waals surface area contributed by atoms with Gasteiger partial charge in [-0.25, -0.2) is 4.98 Å². The summed E-state index contributed by atoms with van der Waals surface area (Å²) in [5.41, 5.74) is 2.11. The van der Waals surface area contributed by atoms with Crippen LogP contribution in [0, 0.1) is 6.92 Å². The standard InChI is InChI=1S/C16H17Cl2N3S2/c1-11-3-2-4-15(20-11)21-16(22)19-7-8-23-10-12-5-6-13(17)14(18)9-12/h2-6,9H,7-8,10H2,1H3,(H2,19,20,21,22). The zero-order valence-electron chi connectivity index (χ0n) is 12.6. The number of aromatic nitrogens is 1. The van der Waals surface area contributed by atoms with Crippen LogP contribution in [0.3, 0.4) is 0 Å². The molecule has 0 amide bonds. The number of nitrogens with zero attached hydrogens (tertiary/aromatic N) is 1. The van der Waals surface area contributed by atoms with Crippen LogP contribution in [0.15, 0.2) is 36.4 Å². The van der Waals surface area contributed by atoms with Crippen LogP contribution in [0.5, 0.6) is 0 Å². The van der Waals surface area contributed by atoms with Crippen molar-refractivity contribution >= 4 is 58.1 Å². The van der Waals surface area contributed by atoms with Crippen LogP contribution < -0.4 is 10.6 Å². The molecule has 0 unspecified atom stereocenters. The molecule has 0 aliphatic heterocycles. The molecule has 0 spiro atoms. The third kappa shape index (κ3) is 6.55. The Kier molecular flexibility index (Phi) is 7.43. The molecular weight excluding hydrogens is 369 g/mol. The van der Waals surface area contributed by atoms with E-state index in [0.29, 0.717) is 15.2 Å². The van der Waals surface area contributed by atoms with Gasteiger partial charge in [-0.1, -0.05) is 35.3 Å². The quantitative estimate of drug-likeness (QED) is 0.545. The van der Waals surface area contributed by atoms with E-state index in [-0.39, 0.29) is 0 Å². The Morgan fingerprint density at radius 3 is 2.78 bits per heavy atom. The third-order valence-corrected chi connectivity index (χ3v) is 4.93. The lowest BCUT2D eigenvalue weighted by atomic mass is 10.2. The van der Waals surface area contributed by atoms with Crippen LogP contribution >= 0.6 is 47.2 Å². The van der Waals surface area contributed by atoms with Crippen LogP contribution in [-0.4, -0.2) is 22.4 Å². The van der Waals surface area contributed by atoms with Crippen molar-refractivity contribution in [3.05, 3.63) is 57.7 Å². The molecule has 122 valence electrons. The molecule has 2 N–H and O–H groups in total. The van der Waals surface area contributed by atoms with E-state index >= 15 is 0 Å². The molecule has 1 aromatic carbocycles. The first-order valence-electron chi connectivity index (χ1n) is 7.05. The molecule has 2 aromatic rings. The first-order chi connectivity index (χ1) is 11.0. The van der Waals surface area contributed by atoms with Crippen LogP contribution in [-0.2, 0) is 5.75 Å². The molecule has 0 fully saturated rings. The smallest absolute Gasteiger partial charge is 0.171 e. The van der Waals surface area contributed by atoms with Gasteiger partial charge in [-0.3, -0.25) is 0 Å². The van der Waals surface area contributed by atoms with E-state index in [1.165, 1.54) is 0 Å². The maximum absolute atomic E-state index is 6.00. The number of halogens is 2. The maximum Gasteiger partial charge on any atom is 0.171 e. The largest absolute Gasteiger partial charge is 0.362 e. The fraction of sp³-hybridized carbons (Fsp3) is 0.250. The maximum atomic E-state index is 6.00. The molecular formula is C16H17Cl2N3S2. The van der Waals surface area contributed by atoms with Gasteiger partial charge >= 0.3 is 0 Å². The average Bonchev–Trinajstić information content (AvgIpc) is 2.50. The summed E-state index contributed by atoms with van der Waals surface area (Å²) in [6.07, 6.45) is 0. The van der Waals surface area contributed by atoms with E-state index in [9.17, 15) is 0 Å². The Morgan fingerprint density at radius 2 is 2.04 bits per heavy atom. The molecule has 0 saturated carbocycles. The van der Waals surface area contributed by atoms with E-state index in [4.69, 9.17) is 35.4 Å². The normalized spacial score (nSPS) is 10.4. The number of thiocarbonyl (C=S) groups is 1. The summed E-state index contributed by atoms with van der Waals surface area (Å²) in [7, 11) is 0. The molecule has 0 saturated heterocycles. The Balaban J connectivity index is 1.65. The lowest BCUT2D eigenvalue weighted by Gasteiger charge is -2.10. The predicted molar refractivity (Wildman–Crippen MR) is 106 cm³/mol. The van der Waals surface area contributed by atoms with Gasteiger partial charge in [0.1, 0.15) is 5.82 Å². The van der Waals surface area contributed by atoms with Crippen molar-refractivity contribution in [1.29, 1.82) is 0 Å². The van der Waals surface area contributed by atoms with Crippen molar-refractivity contribution < 1.29 is 0 Å². The van der Waals surface area contributed by atoms with Crippen molar-refractivity contribution in [1.82, 2.24) is 10.3 Å². The van der Waals surface area contributed by atoms with Crippen LogP contribution in [0.4, 0.5) is 5.82 Å². The zero-order valence-corrected chi connectivity index (χ0v) is 15.7. The Labute approximate surface area is 156 Å². The molecule has 0 atom stereocenters. The highest BCUT2D eigenvalue weighted by molar-refractivity contribution is 7.98. The number of hydrogen-bond acceptors (Lipinski definition) is 3. The monoisotopic (exact) mass is 385 g/mol. The van der Waals surface area contributed by atoms with Gasteiger partial charge in [0.25, 0.3) is 0 Å². The number of thioether (sulfide) groups is 1. The summed E-state index contributed by atoms with van der Waals surface area (Å²) >= 11 is 19.0. The van der Waals surface area contributed by atoms with E-state index in [0.717, 1.165) is 35.1 Å². The van der Waals surface area contributed by atoms with Gasteiger partial charge in [0.05, 0.1) is 10.0 Å². The van der Waals surface area contributed by atoms with Crippen molar-refractivity contribution in [3.8, 4) is 0 Å². The van der Waals surface area contributed by atoms with Gasteiger partial charge in [0.2, 0.25) is 0 Å². The fourth-order valence-electron chi connectivity index (χ4n) is 1.83. The van der Waals surface area contributed by atoms with Crippen LogP contribution in [0.25, 0.3) is 0 Å². The molecule has 0 aliphatic carbocycles. The first kappa shape index (κ1) is 18.3. The number of aryl methyl sites for hydroxylation is 1. The van der Waals surface area contributed by atoms with Crippen LogP contribution in [0.2, 0.25) is 10.0 Å². The van der Waals surface area contributed by atoms with Crippen molar-refractivity contribution in [2.75, 3.05) is 17.6 Å². The van der Waals surface area contributed by atoms with Gasteiger partial charge in [0.15, 0.2) is 5.11 Å². The second-order valence-corrected chi connectivity index (χ2v) is 7.17. The van der Waals surface area contributed by atoms with Crippen molar-refractivity contribution in [3.63, 3.8) is 0 Å². The Hall–Kier alpha value is -1.01. The number of benzene rings is 1. The molecule has 7 heteroatoms. The number of pyridine rings is 1. The second kappa shape index (κ2) is 9.33. The zero-order chi connectivity index (χ0) is 16.7. The van der Waals surface area contributed by atoms with Gasteiger partial charge in [-0.05, 0) is 49.0 Å². The molecule has 1 heterocycles. The highest BCUT2D eigenvalue weighted by atomic mass is 35.5. The molecule has 0 aliphatic rings. The number of hydrogen-bond donors (Lipinski definition) is 2. The van der Waals surface area contributed by atoms with Crippen LogP contribution in [0.1, 0.15) is 11.3 Å². The minimum atomic E-state index is 0.582. The number of rotatable bonds is 6. The molecule has 1 aromatic heterocycles. The van der Waals surface area contributed by atoms with E-state index in [1.807, 2.05) is 43.3 Å². The van der Waals surface area contributed by atoms with Crippen molar-refractivity contribution in [2.45, 2.75) is 12.7 Å². The van der Waals surface area contributed by atoms with Crippen molar-refractivity contribution in [2.24, 2.45) is 0 Å². The number of anilines is 1. The molecule has 2 rings (SSSR count). The third-order valence-electron chi connectivity index (χ3n) is 2.91. The molecule has 3 nitrogen and oxygen atoms in total. The van der Waals surface area contributed by atoms with Gasteiger partial charge in [-0.15, -0.1) is 0 Å². The number of nitrogens with one attached hydrogen (secondary N) is 2. The minimum absolute atomic E-state index is 0.582. The summed E-state index contributed by atoms with van der Waals surface area (Å²) in [5.74, 6) is 2.58. The van der Waals surface area contributed by atoms with Gasteiger partial charge in [-0.2, -0.15) is 11.8 Å². The summed E-state index contributed by atoms with van der Waals surface area (Å²) < 4.78 is 0. The average molecular weight is 386 g/mol. The molecule has 0 bridgehead atoms. The highest BCUT2D eigenvalue weighted by Crippen LogP contribution is 2.24. The van der Waals surface area contributed by atoms with E-state index < -0.39 is 0 Å². The first-order valence-corrected chi connectivity index (χ1v) is 9.36. The molecule has 23 heavy (non-hydrogen) atoms. The Bertz CT molecular complexity index is 680. The van der Waals surface area contributed by atoms with E-state index in [2.05, 4.69) is 15.6 Å². The predicted octanol–water partition coefficient (Wildman–Crippen LogP) is 4.92. The van der Waals surface area contributed by atoms with Gasteiger partial charge in [0, 0.05) is 23.7 Å². The summed E-state index contributed by atoms with van der Waals surface area (Å²) in [5, 5.41) is 8.01. The lowest BCUT2D eigenvalue weighted by molar-refractivity contribution is 0.987. The Morgan fingerprint density at radius 1 is 1.22 bits per heavy atom. The topological polar surface area (TPSA) is 37.0 Å². The SMILES string of the molecule is Cc1cccc(NC(=S)NCCSCc2ccc(Cl)c(Cl)c2)n1. The summed E-state index contributed by atoms with van der Waals surface area (Å²) in [4.78, 5) is 4.35. The highest BCUT2D eigenvalue weighted by Gasteiger charge is 2.01. The van der Waals surface area contributed by atoms with E-state index in [1.54, 1.807) is 11.8 Å². The summed E-state index contributed by atoms with van der Waals surface area (Å²) in [6.45, 7) is 2.73. The fourth-order valence-corrected chi connectivity index (χ4v) is 3.16. The minimum Gasteiger partial charge on any atom is -0.362 e. The lowest BCUT2D eigenvalue weighted by Crippen LogP contribution is -2.30. The second-order valence-electron chi connectivity index (χ2n) is 4.85. The molecule has 0 radical (unpaired) electrons.